The second-order valence-electron chi connectivity index (χ2n) is 2.28. The molecule has 0 saturated carbocycles. The van der Waals surface area contributed by atoms with Gasteiger partial charge in [0.1, 0.15) is 0 Å². The van der Waals surface area contributed by atoms with Crippen LogP contribution in [0, 0.1) is 0 Å². The van der Waals surface area contributed by atoms with Crippen LogP contribution in [-0.2, 0) is 8.85 Å². The Kier molecular flexibility index (Phi) is 2.79. The lowest BCUT2D eigenvalue weighted by Crippen LogP contribution is -2.41. The summed E-state index contributed by atoms with van der Waals surface area (Å²) in [6.07, 6.45) is 0. The van der Waals surface area contributed by atoms with E-state index in [-0.39, 0.29) is 0 Å². The fourth-order valence-corrected chi connectivity index (χ4v) is 1.79. The lowest BCUT2D eigenvalue weighted by Gasteiger charge is -2.20. The van der Waals surface area contributed by atoms with E-state index in [2.05, 4.69) is 5.32 Å². The zero-order valence-electron chi connectivity index (χ0n) is 6.02. The predicted octanol–water partition coefficient (Wildman–Crippen LogP) is 0.161. The molecule has 1 aliphatic heterocycles. The zero-order valence-corrected chi connectivity index (χ0v) is 7.02. The average Bonchev–Trinajstić information content (AvgIpc) is 1.81. The van der Waals surface area contributed by atoms with Crippen molar-refractivity contribution >= 4 is 8.89 Å². The molecule has 60 valence electrons. The van der Waals surface area contributed by atoms with Crippen LogP contribution >= 0.6 is 0 Å². The normalized spacial score (nSPS) is 27.0. The first-order chi connectivity index (χ1) is 4.71. The fourth-order valence-electron chi connectivity index (χ4n) is 0.778. The molecule has 0 amide bonds. The highest BCUT2D eigenvalue weighted by Crippen LogP contribution is 2.08. The zero-order chi connectivity index (χ0) is 7.45. The molecular formula is C5H12FNO2Si. The van der Waals surface area contributed by atoms with E-state index >= 15 is 0 Å². The number of rotatable bonds is 0. The monoisotopic (exact) mass is 165 g/mol. The van der Waals surface area contributed by atoms with E-state index in [1.165, 1.54) is 6.55 Å². The molecular weight excluding hydrogens is 153 g/mol. The summed E-state index contributed by atoms with van der Waals surface area (Å²) >= 11 is 0. The van der Waals surface area contributed by atoms with E-state index < -0.39 is 8.89 Å². The maximum atomic E-state index is 13.0. The van der Waals surface area contributed by atoms with Gasteiger partial charge in [0.25, 0.3) is 0 Å². The summed E-state index contributed by atoms with van der Waals surface area (Å²) in [6, 6.07) is 0. The molecule has 10 heavy (non-hydrogen) atoms. The van der Waals surface area contributed by atoms with Crippen LogP contribution < -0.4 is 5.32 Å². The van der Waals surface area contributed by atoms with Gasteiger partial charge in [-0.15, -0.1) is 0 Å². The van der Waals surface area contributed by atoms with E-state index in [0.29, 0.717) is 13.2 Å². The average molecular weight is 165 g/mol. The Labute approximate surface area is 60.9 Å². The van der Waals surface area contributed by atoms with Gasteiger partial charge < -0.3 is 14.2 Å². The SMILES string of the molecule is C[Si]1(F)OCCNCCO1. The van der Waals surface area contributed by atoms with Gasteiger partial charge in [-0.2, -0.15) is 0 Å². The molecule has 1 heterocycles. The number of halogens is 1. The highest BCUT2D eigenvalue weighted by Gasteiger charge is 2.33. The highest BCUT2D eigenvalue weighted by atomic mass is 28.4. The molecule has 0 bridgehead atoms. The van der Waals surface area contributed by atoms with Gasteiger partial charge in [0.2, 0.25) is 0 Å². The summed E-state index contributed by atoms with van der Waals surface area (Å²) in [5.74, 6) is 0. The number of nitrogens with one attached hydrogen (secondary N) is 1. The van der Waals surface area contributed by atoms with Gasteiger partial charge in [-0.1, -0.05) is 0 Å². The molecule has 0 spiro atoms. The molecule has 5 heteroatoms. The molecule has 1 N–H and O–H groups in total. The molecule has 0 atom stereocenters. The van der Waals surface area contributed by atoms with Crippen molar-refractivity contribution in [1.29, 1.82) is 0 Å². The maximum Gasteiger partial charge on any atom is 0.536 e. The Hall–Kier alpha value is 0.0269. The Bertz CT molecular complexity index is 102. The van der Waals surface area contributed by atoms with E-state index in [0.717, 1.165) is 13.1 Å². The van der Waals surface area contributed by atoms with Gasteiger partial charge in [0, 0.05) is 19.6 Å². The molecule has 0 aromatic carbocycles. The van der Waals surface area contributed by atoms with Gasteiger partial charge in [-0.3, -0.25) is 0 Å². The van der Waals surface area contributed by atoms with Crippen LogP contribution in [0.15, 0.2) is 0 Å². The summed E-state index contributed by atoms with van der Waals surface area (Å²) < 4.78 is 22.7. The smallest absolute Gasteiger partial charge is 0.369 e. The second kappa shape index (κ2) is 3.43. The summed E-state index contributed by atoms with van der Waals surface area (Å²) in [5, 5.41) is 3.03. The van der Waals surface area contributed by atoms with Crippen LogP contribution in [0.2, 0.25) is 6.55 Å². The lowest BCUT2D eigenvalue weighted by molar-refractivity contribution is 0.121. The molecule has 0 unspecified atom stereocenters. The van der Waals surface area contributed by atoms with Crippen molar-refractivity contribution in [3.8, 4) is 0 Å². The molecule has 0 aromatic heterocycles. The van der Waals surface area contributed by atoms with E-state index in [4.69, 9.17) is 8.85 Å². The van der Waals surface area contributed by atoms with E-state index in [9.17, 15) is 4.11 Å². The van der Waals surface area contributed by atoms with Crippen molar-refractivity contribution < 1.29 is 13.0 Å². The standard InChI is InChI=1S/C5H12FNO2Si/c1-10(6)8-4-2-7-3-5-9-10/h7H,2-5H2,1H3. The third-order valence-corrected chi connectivity index (χ3v) is 2.72. The van der Waals surface area contributed by atoms with Gasteiger partial charge in [0.15, 0.2) is 0 Å². The van der Waals surface area contributed by atoms with E-state index in [1.807, 2.05) is 0 Å². The quantitative estimate of drug-likeness (QED) is 0.410. The number of hydrogen-bond donors (Lipinski definition) is 1. The van der Waals surface area contributed by atoms with Crippen LogP contribution in [0.3, 0.4) is 0 Å². The Morgan fingerprint density at radius 1 is 1.30 bits per heavy atom. The summed E-state index contributed by atoms with van der Waals surface area (Å²) in [5.41, 5.74) is 0. The molecule has 1 rings (SSSR count). The molecule has 0 aromatic rings. The van der Waals surface area contributed by atoms with Crippen molar-refractivity contribution in [2.75, 3.05) is 26.3 Å². The first-order valence-corrected chi connectivity index (χ1v) is 5.58. The van der Waals surface area contributed by atoms with Crippen molar-refractivity contribution in [2.45, 2.75) is 6.55 Å². The second-order valence-corrected chi connectivity index (χ2v) is 4.53. The summed E-state index contributed by atoms with van der Waals surface area (Å²) in [7, 11) is -3.21. The van der Waals surface area contributed by atoms with E-state index in [1.54, 1.807) is 0 Å². The van der Waals surface area contributed by atoms with Crippen molar-refractivity contribution in [3.05, 3.63) is 0 Å². The van der Waals surface area contributed by atoms with Gasteiger partial charge in [0.05, 0.1) is 13.2 Å². The summed E-state index contributed by atoms with van der Waals surface area (Å²) in [4.78, 5) is 0. The van der Waals surface area contributed by atoms with Crippen molar-refractivity contribution in [2.24, 2.45) is 0 Å². The molecule has 0 radical (unpaired) electrons. The van der Waals surface area contributed by atoms with Gasteiger partial charge >= 0.3 is 8.89 Å². The van der Waals surface area contributed by atoms with Crippen LogP contribution in [0.25, 0.3) is 0 Å². The minimum Gasteiger partial charge on any atom is -0.369 e. The van der Waals surface area contributed by atoms with Crippen LogP contribution in [0.1, 0.15) is 0 Å². The predicted molar refractivity (Wildman–Crippen MR) is 37.5 cm³/mol. The minimum absolute atomic E-state index is 0.416. The largest absolute Gasteiger partial charge is 0.536 e. The summed E-state index contributed by atoms with van der Waals surface area (Å²) in [6.45, 7) is 3.68. The molecule has 1 aliphatic rings. The highest BCUT2D eigenvalue weighted by molar-refractivity contribution is 6.58. The van der Waals surface area contributed by atoms with Crippen molar-refractivity contribution in [1.82, 2.24) is 5.32 Å². The molecule has 1 saturated heterocycles. The first kappa shape index (κ1) is 8.13. The fraction of sp³-hybridized carbons (Fsp3) is 1.00. The van der Waals surface area contributed by atoms with Gasteiger partial charge in [-0.05, 0) is 0 Å². The van der Waals surface area contributed by atoms with Crippen LogP contribution in [-0.4, -0.2) is 35.2 Å². The van der Waals surface area contributed by atoms with Crippen LogP contribution in [0.4, 0.5) is 4.11 Å². The molecule has 3 nitrogen and oxygen atoms in total. The third-order valence-electron chi connectivity index (χ3n) is 1.28. The minimum atomic E-state index is -3.21. The van der Waals surface area contributed by atoms with Crippen LogP contribution in [0.5, 0.6) is 0 Å². The molecule has 0 aliphatic carbocycles. The maximum absolute atomic E-state index is 13.0. The first-order valence-electron chi connectivity index (χ1n) is 3.38. The van der Waals surface area contributed by atoms with Gasteiger partial charge in [-0.25, -0.2) is 4.11 Å². The Balaban J connectivity index is 2.30. The lowest BCUT2D eigenvalue weighted by atomic mass is 10.6. The van der Waals surface area contributed by atoms with Crippen molar-refractivity contribution in [3.63, 3.8) is 0 Å². The Morgan fingerprint density at radius 2 is 1.80 bits per heavy atom. The third kappa shape index (κ3) is 2.74. The topological polar surface area (TPSA) is 30.5 Å². The Morgan fingerprint density at radius 3 is 2.30 bits per heavy atom. The molecule has 1 fully saturated rings. The number of hydrogen-bond acceptors (Lipinski definition) is 3.